The first-order chi connectivity index (χ1) is 8.20. The molecule has 0 amide bonds. The quantitative estimate of drug-likeness (QED) is 0.852. The number of halogens is 1. The van der Waals surface area contributed by atoms with Crippen molar-refractivity contribution in [3.05, 3.63) is 53.7 Å². The number of benzene rings is 1. The third-order valence-corrected chi connectivity index (χ3v) is 2.75. The minimum Gasteiger partial charge on any atom is -0.467 e. The summed E-state index contributed by atoms with van der Waals surface area (Å²) in [5, 5.41) is 3.16. The fourth-order valence-corrected chi connectivity index (χ4v) is 1.79. The van der Waals surface area contributed by atoms with Crippen LogP contribution >= 0.6 is 0 Å². The Morgan fingerprint density at radius 3 is 2.76 bits per heavy atom. The molecule has 1 aromatic carbocycles. The van der Waals surface area contributed by atoms with E-state index >= 15 is 0 Å². The van der Waals surface area contributed by atoms with E-state index in [4.69, 9.17) is 4.42 Å². The maximum absolute atomic E-state index is 13.7. The lowest BCUT2D eigenvalue weighted by molar-refractivity contribution is 0.472. The summed E-state index contributed by atoms with van der Waals surface area (Å²) in [6.45, 7) is 3.91. The molecule has 1 heterocycles. The van der Waals surface area contributed by atoms with Crippen LogP contribution in [0.5, 0.6) is 0 Å². The standard InChI is InChI=1S/C14H16FNO/c1-3-12(14-5-4-8-17-14)16-13-7-6-10(2)9-11(13)15/h4-9,12,16H,3H2,1-2H3. The lowest BCUT2D eigenvalue weighted by Gasteiger charge is -2.16. The van der Waals surface area contributed by atoms with Gasteiger partial charge in [0.25, 0.3) is 0 Å². The average Bonchev–Trinajstić information content (AvgIpc) is 2.81. The van der Waals surface area contributed by atoms with Crippen molar-refractivity contribution in [3.63, 3.8) is 0 Å². The van der Waals surface area contributed by atoms with E-state index in [0.29, 0.717) is 5.69 Å². The predicted molar refractivity (Wildman–Crippen MR) is 66.5 cm³/mol. The second-order valence-electron chi connectivity index (χ2n) is 4.10. The molecule has 17 heavy (non-hydrogen) atoms. The van der Waals surface area contributed by atoms with E-state index in [1.807, 2.05) is 32.0 Å². The molecule has 0 radical (unpaired) electrons. The molecule has 1 atom stereocenters. The number of rotatable bonds is 4. The van der Waals surface area contributed by atoms with Crippen LogP contribution in [0.2, 0.25) is 0 Å². The fourth-order valence-electron chi connectivity index (χ4n) is 1.79. The van der Waals surface area contributed by atoms with Gasteiger partial charge in [-0.1, -0.05) is 13.0 Å². The van der Waals surface area contributed by atoms with Crippen molar-refractivity contribution < 1.29 is 8.81 Å². The third kappa shape index (κ3) is 2.67. The van der Waals surface area contributed by atoms with Crippen LogP contribution in [0.25, 0.3) is 0 Å². The van der Waals surface area contributed by atoms with Crippen LogP contribution in [-0.4, -0.2) is 0 Å². The molecule has 2 nitrogen and oxygen atoms in total. The number of hydrogen-bond donors (Lipinski definition) is 1. The summed E-state index contributed by atoms with van der Waals surface area (Å²) in [5.41, 5.74) is 1.43. The number of furan rings is 1. The molecule has 2 aromatic rings. The van der Waals surface area contributed by atoms with E-state index in [-0.39, 0.29) is 11.9 Å². The molecule has 0 aliphatic heterocycles. The molecule has 90 valence electrons. The van der Waals surface area contributed by atoms with E-state index in [0.717, 1.165) is 17.7 Å². The van der Waals surface area contributed by atoms with Crippen LogP contribution in [0, 0.1) is 12.7 Å². The summed E-state index contributed by atoms with van der Waals surface area (Å²) in [6.07, 6.45) is 2.46. The van der Waals surface area contributed by atoms with Gasteiger partial charge in [0, 0.05) is 0 Å². The fraction of sp³-hybridized carbons (Fsp3) is 0.286. The molecule has 0 fully saturated rings. The maximum atomic E-state index is 13.7. The molecule has 0 aliphatic carbocycles. The first kappa shape index (κ1) is 11.7. The SMILES string of the molecule is CCC(Nc1ccc(C)cc1F)c1ccco1. The third-order valence-electron chi connectivity index (χ3n) is 2.75. The van der Waals surface area contributed by atoms with Gasteiger partial charge < -0.3 is 9.73 Å². The van der Waals surface area contributed by atoms with Gasteiger partial charge in [-0.2, -0.15) is 0 Å². The summed E-state index contributed by atoms with van der Waals surface area (Å²) >= 11 is 0. The van der Waals surface area contributed by atoms with E-state index in [1.165, 1.54) is 6.07 Å². The normalized spacial score (nSPS) is 12.4. The zero-order chi connectivity index (χ0) is 12.3. The summed E-state index contributed by atoms with van der Waals surface area (Å²) in [7, 11) is 0. The molecule has 0 saturated carbocycles. The Morgan fingerprint density at radius 2 is 2.18 bits per heavy atom. The van der Waals surface area contributed by atoms with Gasteiger partial charge >= 0.3 is 0 Å². The smallest absolute Gasteiger partial charge is 0.146 e. The number of aryl methyl sites for hydroxylation is 1. The molecule has 0 bridgehead atoms. The van der Waals surface area contributed by atoms with Gasteiger partial charge in [0.2, 0.25) is 0 Å². The van der Waals surface area contributed by atoms with Gasteiger partial charge in [0.15, 0.2) is 0 Å². The van der Waals surface area contributed by atoms with E-state index < -0.39 is 0 Å². The van der Waals surface area contributed by atoms with Crippen molar-refractivity contribution in [2.45, 2.75) is 26.3 Å². The van der Waals surface area contributed by atoms with Crippen molar-refractivity contribution in [2.75, 3.05) is 5.32 Å². The summed E-state index contributed by atoms with van der Waals surface area (Å²) in [5.74, 6) is 0.600. The van der Waals surface area contributed by atoms with Crippen LogP contribution in [0.4, 0.5) is 10.1 Å². The first-order valence-electron chi connectivity index (χ1n) is 5.76. The Balaban J connectivity index is 2.19. The van der Waals surface area contributed by atoms with Crippen molar-refractivity contribution in [1.29, 1.82) is 0 Å². The molecule has 0 aliphatic rings. The molecular formula is C14H16FNO. The Kier molecular flexibility index (Phi) is 3.47. The lowest BCUT2D eigenvalue weighted by atomic mass is 10.1. The molecule has 1 N–H and O–H groups in total. The molecule has 0 saturated heterocycles. The topological polar surface area (TPSA) is 25.2 Å². The minimum atomic E-state index is -0.227. The Hall–Kier alpha value is -1.77. The second-order valence-corrected chi connectivity index (χ2v) is 4.10. The number of hydrogen-bond acceptors (Lipinski definition) is 2. The van der Waals surface area contributed by atoms with E-state index in [9.17, 15) is 4.39 Å². The van der Waals surface area contributed by atoms with Gasteiger partial charge in [-0.15, -0.1) is 0 Å². The maximum Gasteiger partial charge on any atom is 0.146 e. The Bertz CT molecular complexity index is 479. The van der Waals surface area contributed by atoms with Gasteiger partial charge in [0.1, 0.15) is 11.6 Å². The Morgan fingerprint density at radius 1 is 1.35 bits per heavy atom. The highest BCUT2D eigenvalue weighted by Crippen LogP contribution is 2.25. The molecular weight excluding hydrogens is 217 g/mol. The predicted octanol–water partition coefficient (Wildman–Crippen LogP) is 4.29. The molecule has 1 aromatic heterocycles. The highest BCUT2D eigenvalue weighted by atomic mass is 19.1. The molecule has 0 spiro atoms. The highest BCUT2D eigenvalue weighted by molar-refractivity contribution is 5.47. The molecule has 1 unspecified atom stereocenters. The van der Waals surface area contributed by atoms with Gasteiger partial charge in [0.05, 0.1) is 18.0 Å². The zero-order valence-electron chi connectivity index (χ0n) is 10.0. The van der Waals surface area contributed by atoms with Crippen molar-refractivity contribution in [2.24, 2.45) is 0 Å². The van der Waals surface area contributed by atoms with Crippen LogP contribution in [0.3, 0.4) is 0 Å². The van der Waals surface area contributed by atoms with Crippen molar-refractivity contribution in [1.82, 2.24) is 0 Å². The number of anilines is 1. The lowest BCUT2D eigenvalue weighted by Crippen LogP contribution is -2.10. The van der Waals surface area contributed by atoms with Gasteiger partial charge in [-0.3, -0.25) is 0 Å². The van der Waals surface area contributed by atoms with Crippen LogP contribution in [0.15, 0.2) is 41.0 Å². The van der Waals surface area contributed by atoms with E-state index in [2.05, 4.69) is 5.32 Å². The largest absolute Gasteiger partial charge is 0.467 e. The molecule has 2 rings (SSSR count). The van der Waals surface area contributed by atoms with Crippen molar-refractivity contribution >= 4 is 5.69 Å². The first-order valence-corrected chi connectivity index (χ1v) is 5.76. The van der Waals surface area contributed by atoms with Crippen LogP contribution in [0.1, 0.15) is 30.7 Å². The van der Waals surface area contributed by atoms with Gasteiger partial charge in [-0.05, 0) is 43.2 Å². The summed E-state index contributed by atoms with van der Waals surface area (Å²) < 4.78 is 19.0. The highest BCUT2D eigenvalue weighted by Gasteiger charge is 2.13. The van der Waals surface area contributed by atoms with E-state index in [1.54, 1.807) is 12.3 Å². The van der Waals surface area contributed by atoms with Gasteiger partial charge in [-0.25, -0.2) is 4.39 Å². The minimum absolute atomic E-state index is 0.00204. The monoisotopic (exact) mass is 233 g/mol. The number of nitrogens with one attached hydrogen (secondary N) is 1. The van der Waals surface area contributed by atoms with Crippen LogP contribution in [-0.2, 0) is 0 Å². The summed E-state index contributed by atoms with van der Waals surface area (Å²) in [6, 6.07) is 8.91. The second kappa shape index (κ2) is 5.04. The van der Waals surface area contributed by atoms with Crippen LogP contribution < -0.4 is 5.32 Å². The van der Waals surface area contributed by atoms with Crippen molar-refractivity contribution in [3.8, 4) is 0 Å². The summed E-state index contributed by atoms with van der Waals surface area (Å²) in [4.78, 5) is 0. The average molecular weight is 233 g/mol. The molecule has 3 heteroatoms. The Labute approximate surface area is 100 Å². The zero-order valence-corrected chi connectivity index (χ0v) is 10.0.